The number of anilines is 1. The fourth-order valence-electron chi connectivity index (χ4n) is 2.33. The lowest BCUT2D eigenvalue weighted by Gasteiger charge is -2.07. The number of fused-ring (bicyclic) bond motifs is 1. The van der Waals surface area contributed by atoms with Crippen molar-refractivity contribution in [1.82, 2.24) is 0 Å². The van der Waals surface area contributed by atoms with Crippen molar-refractivity contribution in [1.29, 1.82) is 0 Å². The van der Waals surface area contributed by atoms with Gasteiger partial charge < -0.3 is 14.5 Å². The van der Waals surface area contributed by atoms with Crippen molar-refractivity contribution in [3.63, 3.8) is 0 Å². The Kier molecular flexibility index (Phi) is 4.97. The second-order valence-electron chi connectivity index (χ2n) is 5.30. The fraction of sp³-hybridized carbons (Fsp3) is 0.111. The number of para-hydroxylation sites is 1. The predicted octanol–water partition coefficient (Wildman–Crippen LogP) is 4.84. The molecular formula is C18H13Cl2NO4. The van der Waals surface area contributed by atoms with Crippen LogP contribution in [0.1, 0.15) is 16.1 Å². The van der Waals surface area contributed by atoms with Crippen molar-refractivity contribution in [3.8, 4) is 0 Å². The van der Waals surface area contributed by atoms with E-state index in [0.717, 1.165) is 5.39 Å². The molecule has 0 atom stereocenters. The summed E-state index contributed by atoms with van der Waals surface area (Å²) >= 11 is 11.9. The van der Waals surface area contributed by atoms with E-state index in [0.29, 0.717) is 26.9 Å². The Morgan fingerprint density at radius 1 is 1.16 bits per heavy atom. The number of hydrogen-bond donors (Lipinski definition) is 1. The van der Waals surface area contributed by atoms with Crippen molar-refractivity contribution in [2.45, 2.75) is 6.92 Å². The molecule has 0 bridgehead atoms. The molecule has 0 saturated heterocycles. The first-order valence-corrected chi connectivity index (χ1v) is 8.11. The van der Waals surface area contributed by atoms with Crippen molar-refractivity contribution in [2.75, 3.05) is 11.9 Å². The smallest absolute Gasteiger partial charge is 0.375 e. The minimum absolute atomic E-state index is 0.0443. The number of benzene rings is 2. The van der Waals surface area contributed by atoms with Crippen LogP contribution in [-0.4, -0.2) is 18.5 Å². The number of carbonyl (C=O) groups is 2. The average Bonchev–Trinajstić information content (AvgIpc) is 2.91. The first kappa shape index (κ1) is 17.3. The molecule has 128 valence electrons. The van der Waals surface area contributed by atoms with Crippen molar-refractivity contribution < 1.29 is 18.7 Å². The molecule has 3 rings (SSSR count). The van der Waals surface area contributed by atoms with Gasteiger partial charge in [-0.1, -0.05) is 35.3 Å². The summed E-state index contributed by atoms with van der Waals surface area (Å²) in [6.07, 6.45) is 0. The van der Waals surface area contributed by atoms with Crippen LogP contribution in [0.25, 0.3) is 11.0 Å². The van der Waals surface area contributed by atoms with Gasteiger partial charge in [0, 0.05) is 16.0 Å². The Morgan fingerprint density at radius 2 is 1.92 bits per heavy atom. The van der Waals surface area contributed by atoms with Gasteiger partial charge in [-0.25, -0.2) is 4.79 Å². The van der Waals surface area contributed by atoms with E-state index < -0.39 is 18.5 Å². The summed E-state index contributed by atoms with van der Waals surface area (Å²) < 4.78 is 10.5. The number of esters is 1. The lowest BCUT2D eigenvalue weighted by atomic mass is 10.1. The molecular weight excluding hydrogens is 365 g/mol. The van der Waals surface area contributed by atoms with E-state index in [1.54, 1.807) is 49.4 Å². The maximum absolute atomic E-state index is 12.2. The van der Waals surface area contributed by atoms with Gasteiger partial charge in [0.05, 0.1) is 10.7 Å². The van der Waals surface area contributed by atoms with Gasteiger partial charge in [-0.05, 0) is 37.3 Å². The summed E-state index contributed by atoms with van der Waals surface area (Å²) in [5.74, 6) is -1.18. The number of furan rings is 1. The monoisotopic (exact) mass is 377 g/mol. The average molecular weight is 378 g/mol. The highest BCUT2D eigenvalue weighted by Gasteiger charge is 2.20. The third-order valence-corrected chi connectivity index (χ3v) is 4.13. The first-order chi connectivity index (χ1) is 12.0. The van der Waals surface area contributed by atoms with E-state index in [2.05, 4.69) is 5.32 Å². The summed E-state index contributed by atoms with van der Waals surface area (Å²) in [6.45, 7) is 1.27. The maximum atomic E-state index is 12.2. The lowest BCUT2D eigenvalue weighted by Crippen LogP contribution is -2.21. The molecule has 7 heteroatoms. The highest BCUT2D eigenvalue weighted by atomic mass is 35.5. The van der Waals surface area contributed by atoms with Gasteiger partial charge in [-0.3, -0.25) is 4.79 Å². The summed E-state index contributed by atoms with van der Waals surface area (Å²) in [4.78, 5) is 24.1. The van der Waals surface area contributed by atoms with Gasteiger partial charge in [-0.15, -0.1) is 0 Å². The summed E-state index contributed by atoms with van der Waals surface area (Å²) in [5.41, 5.74) is 1.57. The molecule has 1 amide bonds. The third-order valence-electron chi connectivity index (χ3n) is 3.57. The van der Waals surface area contributed by atoms with Crippen molar-refractivity contribution in [3.05, 3.63) is 63.8 Å². The molecule has 25 heavy (non-hydrogen) atoms. The van der Waals surface area contributed by atoms with Gasteiger partial charge >= 0.3 is 5.97 Å². The highest BCUT2D eigenvalue weighted by Crippen LogP contribution is 2.28. The van der Waals surface area contributed by atoms with Crippen LogP contribution in [0.2, 0.25) is 10.0 Å². The zero-order valence-corrected chi connectivity index (χ0v) is 14.6. The van der Waals surface area contributed by atoms with Crippen LogP contribution in [0.4, 0.5) is 5.69 Å². The Labute approximate surface area is 153 Å². The predicted molar refractivity (Wildman–Crippen MR) is 96.3 cm³/mol. The van der Waals surface area contributed by atoms with Gasteiger partial charge in [0.1, 0.15) is 5.58 Å². The normalized spacial score (nSPS) is 10.7. The zero-order valence-electron chi connectivity index (χ0n) is 13.1. The highest BCUT2D eigenvalue weighted by molar-refractivity contribution is 6.33. The second kappa shape index (κ2) is 7.17. The van der Waals surface area contributed by atoms with E-state index in [1.807, 2.05) is 0 Å². The molecule has 1 heterocycles. The lowest BCUT2D eigenvalue weighted by molar-refractivity contribution is -0.119. The SMILES string of the molecule is Cc1c(C(=O)OCC(=O)Nc2ccccc2Cl)oc2ccc(Cl)cc12. The number of amides is 1. The van der Waals surface area contributed by atoms with E-state index in [-0.39, 0.29) is 5.76 Å². The fourth-order valence-corrected chi connectivity index (χ4v) is 2.69. The number of nitrogens with one attached hydrogen (secondary N) is 1. The summed E-state index contributed by atoms with van der Waals surface area (Å²) in [7, 11) is 0. The van der Waals surface area contributed by atoms with E-state index in [9.17, 15) is 9.59 Å². The number of hydrogen-bond acceptors (Lipinski definition) is 4. The number of rotatable bonds is 4. The second-order valence-corrected chi connectivity index (χ2v) is 6.14. The molecule has 1 N–H and O–H groups in total. The van der Waals surface area contributed by atoms with Crippen molar-refractivity contribution in [2.24, 2.45) is 0 Å². The minimum Gasteiger partial charge on any atom is -0.450 e. The van der Waals surface area contributed by atoms with Crippen LogP contribution in [0, 0.1) is 6.92 Å². The van der Waals surface area contributed by atoms with E-state index in [4.69, 9.17) is 32.4 Å². The van der Waals surface area contributed by atoms with Crippen LogP contribution in [0.15, 0.2) is 46.9 Å². The molecule has 0 aliphatic heterocycles. The molecule has 0 spiro atoms. The molecule has 2 aromatic carbocycles. The maximum Gasteiger partial charge on any atom is 0.375 e. The molecule has 0 radical (unpaired) electrons. The molecule has 0 saturated carbocycles. The van der Waals surface area contributed by atoms with Crippen molar-refractivity contribution >= 4 is 51.7 Å². The zero-order chi connectivity index (χ0) is 18.0. The number of carbonyl (C=O) groups excluding carboxylic acids is 2. The topological polar surface area (TPSA) is 68.5 Å². The van der Waals surface area contributed by atoms with Crippen LogP contribution < -0.4 is 5.32 Å². The van der Waals surface area contributed by atoms with Crippen LogP contribution in [0.5, 0.6) is 0 Å². The molecule has 1 aromatic heterocycles. The van der Waals surface area contributed by atoms with Gasteiger partial charge in [0.2, 0.25) is 5.76 Å². The van der Waals surface area contributed by atoms with Gasteiger partial charge in [-0.2, -0.15) is 0 Å². The quantitative estimate of drug-likeness (QED) is 0.660. The van der Waals surface area contributed by atoms with Crippen LogP contribution in [-0.2, 0) is 9.53 Å². The summed E-state index contributed by atoms with van der Waals surface area (Å²) in [5, 5.41) is 4.22. The third kappa shape index (κ3) is 3.78. The minimum atomic E-state index is -0.723. The Hall–Kier alpha value is -2.50. The standard InChI is InChI=1S/C18H13Cl2NO4/c1-10-12-8-11(19)6-7-15(12)25-17(10)18(23)24-9-16(22)21-14-5-3-2-4-13(14)20/h2-8H,9H2,1H3,(H,21,22). The van der Waals surface area contributed by atoms with Gasteiger partial charge in [0.25, 0.3) is 5.91 Å². The molecule has 0 aliphatic rings. The Morgan fingerprint density at radius 3 is 2.68 bits per heavy atom. The molecule has 3 aromatic rings. The molecule has 0 aliphatic carbocycles. The number of ether oxygens (including phenoxy) is 1. The van der Waals surface area contributed by atoms with Gasteiger partial charge in [0.15, 0.2) is 6.61 Å². The Balaban J connectivity index is 1.67. The van der Waals surface area contributed by atoms with Crippen LogP contribution >= 0.6 is 23.2 Å². The van der Waals surface area contributed by atoms with Crippen LogP contribution in [0.3, 0.4) is 0 Å². The van der Waals surface area contributed by atoms with E-state index in [1.165, 1.54) is 0 Å². The Bertz CT molecular complexity index is 965. The summed E-state index contributed by atoms with van der Waals surface area (Å²) in [6, 6.07) is 11.8. The van der Waals surface area contributed by atoms with E-state index >= 15 is 0 Å². The number of aryl methyl sites for hydroxylation is 1. The first-order valence-electron chi connectivity index (χ1n) is 7.36. The molecule has 0 fully saturated rings. The number of halogens is 2. The largest absolute Gasteiger partial charge is 0.450 e. The molecule has 5 nitrogen and oxygen atoms in total. The molecule has 0 unspecified atom stereocenters.